The first-order valence-corrected chi connectivity index (χ1v) is 7.46. The number of halogens is 1. The number of nitrogens with zero attached hydrogens (tertiary/aromatic N) is 2. The van der Waals surface area contributed by atoms with Crippen molar-refractivity contribution in [1.82, 2.24) is 0 Å². The monoisotopic (exact) mass is 415 g/mol. The largest absolute Gasteiger partial charge is 0.869 e. The van der Waals surface area contributed by atoms with Gasteiger partial charge in [-0.05, 0) is 40.3 Å². The molecule has 7 heteroatoms. The number of rotatable bonds is 5. The fourth-order valence-electron chi connectivity index (χ4n) is 1.37. The van der Waals surface area contributed by atoms with Gasteiger partial charge in [-0.2, -0.15) is 10.5 Å². The van der Waals surface area contributed by atoms with Crippen LogP contribution in [-0.4, -0.2) is 27.4 Å². The first-order valence-electron chi connectivity index (χ1n) is 6.38. The van der Waals surface area contributed by atoms with Crippen molar-refractivity contribution >= 4 is 28.2 Å². The molecular weight excluding hydrogens is 397 g/mol. The van der Waals surface area contributed by atoms with Gasteiger partial charge in [0, 0.05) is 23.2 Å². The molecule has 0 aliphatic rings. The summed E-state index contributed by atoms with van der Waals surface area (Å²) >= 11 is 1.86. The highest BCUT2D eigenvalue weighted by atomic mass is 127. The Morgan fingerprint density at radius 2 is 2.09 bits per heavy atom. The van der Waals surface area contributed by atoms with Gasteiger partial charge in [-0.15, -0.1) is 0 Å². The summed E-state index contributed by atoms with van der Waals surface area (Å²) < 4.78 is 10.1. The van der Waals surface area contributed by atoms with Crippen LogP contribution in [0.3, 0.4) is 0 Å². The van der Waals surface area contributed by atoms with E-state index < -0.39 is 0 Å². The van der Waals surface area contributed by atoms with Crippen LogP contribution in [0.25, 0.3) is 5.57 Å². The third kappa shape index (κ3) is 6.76. The minimum Gasteiger partial charge on any atom is -0.869 e. The SMILES string of the molecule is COCCC[NH3+].COc1cc(/C(C#N)=C/C#N)cc(I)c1[O-]. The van der Waals surface area contributed by atoms with Gasteiger partial charge < -0.3 is 20.3 Å². The van der Waals surface area contributed by atoms with E-state index in [1.807, 2.05) is 28.7 Å². The molecule has 0 heterocycles. The van der Waals surface area contributed by atoms with Crippen molar-refractivity contribution in [1.29, 1.82) is 10.5 Å². The van der Waals surface area contributed by atoms with Crippen LogP contribution in [0.1, 0.15) is 12.0 Å². The van der Waals surface area contributed by atoms with Crippen LogP contribution in [0.15, 0.2) is 18.2 Å². The van der Waals surface area contributed by atoms with Gasteiger partial charge in [0.05, 0.1) is 31.9 Å². The van der Waals surface area contributed by atoms with Crippen molar-refractivity contribution in [2.24, 2.45) is 0 Å². The van der Waals surface area contributed by atoms with E-state index in [1.165, 1.54) is 13.2 Å². The van der Waals surface area contributed by atoms with Crippen LogP contribution in [0.4, 0.5) is 0 Å². The molecule has 0 saturated heterocycles. The van der Waals surface area contributed by atoms with E-state index in [0.717, 1.165) is 25.6 Å². The molecular formula is C15H18IN3O3. The lowest BCUT2D eigenvalue weighted by Gasteiger charge is -2.15. The van der Waals surface area contributed by atoms with Crippen LogP contribution in [0.2, 0.25) is 0 Å². The predicted molar refractivity (Wildman–Crippen MR) is 88.6 cm³/mol. The fourth-order valence-corrected chi connectivity index (χ4v) is 1.97. The maximum atomic E-state index is 11.5. The Morgan fingerprint density at radius 3 is 2.50 bits per heavy atom. The van der Waals surface area contributed by atoms with E-state index in [2.05, 4.69) is 5.73 Å². The lowest BCUT2D eigenvalue weighted by molar-refractivity contribution is -0.369. The first-order chi connectivity index (χ1) is 10.5. The van der Waals surface area contributed by atoms with Gasteiger partial charge in [-0.1, -0.05) is 5.75 Å². The smallest absolute Gasteiger partial charge is 0.112 e. The molecule has 0 unspecified atom stereocenters. The number of methoxy groups -OCH3 is 2. The summed E-state index contributed by atoms with van der Waals surface area (Å²) in [5.41, 5.74) is 4.35. The van der Waals surface area contributed by atoms with E-state index in [4.69, 9.17) is 20.0 Å². The van der Waals surface area contributed by atoms with Crippen molar-refractivity contribution < 1.29 is 20.3 Å². The second-order valence-electron chi connectivity index (χ2n) is 3.99. The summed E-state index contributed by atoms with van der Waals surface area (Å²) in [7, 11) is 3.09. The third-order valence-corrected chi connectivity index (χ3v) is 3.27. The topological polar surface area (TPSA) is 117 Å². The Labute approximate surface area is 143 Å². The highest BCUT2D eigenvalue weighted by molar-refractivity contribution is 14.1. The first kappa shape index (κ1) is 20.2. The van der Waals surface area contributed by atoms with Gasteiger partial charge in [0.2, 0.25) is 0 Å². The number of allylic oxidation sites excluding steroid dienone is 2. The molecule has 0 saturated carbocycles. The van der Waals surface area contributed by atoms with E-state index in [1.54, 1.807) is 19.2 Å². The Morgan fingerprint density at radius 1 is 1.41 bits per heavy atom. The zero-order valence-electron chi connectivity index (χ0n) is 12.6. The van der Waals surface area contributed by atoms with Crippen LogP contribution in [-0.2, 0) is 4.74 Å². The Kier molecular flexibility index (Phi) is 10.8. The zero-order chi connectivity index (χ0) is 17.0. The predicted octanol–water partition coefficient (Wildman–Crippen LogP) is 1.07. The highest BCUT2D eigenvalue weighted by Crippen LogP contribution is 2.32. The average molecular weight is 415 g/mol. The molecule has 0 aromatic heterocycles. The van der Waals surface area contributed by atoms with Crippen LogP contribution in [0.5, 0.6) is 11.5 Å². The van der Waals surface area contributed by atoms with Gasteiger partial charge >= 0.3 is 0 Å². The summed E-state index contributed by atoms with van der Waals surface area (Å²) in [6, 6.07) is 6.69. The molecule has 0 radical (unpaired) electrons. The van der Waals surface area contributed by atoms with Crippen LogP contribution >= 0.6 is 22.6 Å². The second-order valence-corrected chi connectivity index (χ2v) is 5.15. The van der Waals surface area contributed by atoms with Crippen molar-refractivity contribution in [3.8, 4) is 23.6 Å². The van der Waals surface area contributed by atoms with Gasteiger partial charge in [-0.25, -0.2) is 0 Å². The quantitative estimate of drug-likeness (QED) is 0.439. The van der Waals surface area contributed by atoms with Gasteiger partial charge in [0.15, 0.2) is 0 Å². The van der Waals surface area contributed by atoms with E-state index in [0.29, 0.717) is 9.13 Å². The molecule has 118 valence electrons. The number of hydrogen-bond acceptors (Lipinski definition) is 5. The molecule has 6 nitrogen and oxygen atoms in total. The van der Waals surface area contributed by atoms with Crippen LogP contribution < -0.4 is 15.6 Å². The number of quaternary nitrogens is 1. The maximum Gasteiger partial charge on any atom is 0.112 e. The second kappa shape index (κ2) is 11.8. The molecule has 0 fully saturated rings. The Bertz CT molecular complexity index is 585. The molecule has 22 heavy (non-hydrogen) atoms. The third-order valence-electron chi connectivity index (χ3n) is 2.47. The minimum absolute atomic E-state index is 0.168. The summed E-state index contributed by atoms with van der Waals surface area (Å²) in [5, 5.41) is 28.9. The van der Waals surface area contributed by atoms with Crippen LogP contribution in [0, 0.1) is 26.2 Å². The lowest BCUT2D eigenvalue weighted by Crippen LogP contribution is -2.50. The molecule has 1 rings (SSSR count). The molecule has 0 bridgehead atoms. The molecule has 0 aliphatic carbocycles. The van der Waals surface area contributed by atoms with Gasteiger partial charge in [-0.3, -0.25) is 0 Å². The molecule has 0 amide bonds. The number of benzene rings is 1. The van der Waals surface area contributed by atoms with Crippen molar-refractivity contribution in [2.75, 3.05) is 27.4 Å². The number of ether oxygens (including phenoxy) is 2. The standard InChI is InChI=1S/C11H7IN2O2.C4H11NO/c1-16-10-5-8(4-9(12)11(10)15)7(6-14)2-3-13;1-6-4-2-3-5/h2,4-5,15H,1H3;2-5H2,1H3/b7-2+;. The normalized spacial score (nSPS) is 10.0. The molecule has 1 aromatic carbocycles. The molecule has 0 aliphatic heterocycles. The molecule has 0 spiro atoms. The van der Waals surface area contributed by atoms with E-state index in [9.17, 15) is 5.11 Å². The molecule has 0 atom stereocenters. The number of hydrogen-bond donors (Lipinski definition) is 1. The van der Waals surface area contributed by atoms with Crippen molar-refractivity contribution in [3.63, 3.8) is 0 Å². The highest BCUT2D eigenvalue weighted by Gasteiger charge is 2.06. The maximum absolute atomic E-state index is 11.5. The number of nitriles is 2. The summed E-state index contributed by atoms with van der Waals surface area (Å²) in [6.45, 7) is 1.83. The average Bonchev–Trinajstić information content (AvgIpc) is 2.53. The molecule has 3 N–H and O–H groups in total. The minimum atomic E-state index is -0.221. The Balaban J connectivity index is 0.000000626. The summed E-state index contributed by atoms with van der Waals surface area (Å²) in [5.74, 6) is -0.0536. The molecule has 1 aromatic rings. The van der Waals surface area contributed by atoms with Gasteiger partial charge in [0.1, 0.15) is 11.8 Å². The van der Waals surface area contributed by atoms with Gasteiger partial charge in [0.25, 0.3) is 0 Å². The van der Waals surface area contributed by atoms with E-state index >= 15 is 0 Å². The summed E-state index contributed by atoms with van der Waals surface area (Å²) in [6.07, 6.45) is 2.21. The Hall–Kier alpha value is -1.81. The fraction of sp³-hybridized carbons (Fsp3) is 0.333. The lowest BCUT2D eigenvalue weighted by atomic mass is 10.1. The summed E-state index contributed by atoms with van der Waals surface area (Å²) in [4.78, 5) is 0. The zero-order valence-corrected chi connectivity index (χ0v) is 14.7. The van der Waals surface area contributed by atoms with Crippen molar-refractivity contribution in [2.45, 2.75) is 6.42 Å². The van der Waals surface area contributed by atoms with E-state index in [-0.39, 0.29) is 17.1 Å². The van der Waals surface area contributed by atoms with Crippen molar-refractivity contribution in [3.05, 3.63) is 27.3 Å².